The van der Waals surface area contributed by atoms with Crippen molar-refractivity contribution < 1.29 is 5.11 Å². The van der Waals surface area contributed by atoms with Crippen molar-refractivity contribution in [2.24, 2.45) is 5.92 Å². The summed E-state index contributed by atoms with van der Waals surface area (Å²) >= 11 is 0. The van der Waals surface area contributed by atoms with Crippen LogP contribution >= 0.6 is 0 Å². The quantitative estimate of drug-likeness (QED) is 0.814. The van der Waals surface area contributed by atoms with Crippen molar-refractivity contribution in [3.05, 3.63) is 29.8 Å². The molecule has 1 unspecified atom stereocenters. The molecule has 0 radical (unpaired) electrons. The summed E-state index contributed by atoms with van der Waals surface area (Å²) < 4.78 is 0. The van der Waals surface area contributed by atoms with Crippen molar-refractivity contribution >= 4 is 0 Å². The van der Waals surface area contributed by atoms with Crippen LogP contribution in [0.25, 0.3) is 0 Å². The molecular formula is C15H23NO. The lowest BCUT2D eigenvalue weighted by Gasteiger charge is -2.16. The lowest BCUT2D eigenvalue weighted by molar-refractivity contribution is 0.453. The third-order valence-corrected chi connectivity index (χ3v) is 3.87. The van der Waals surface area contributed by atoms with E-state index in [0.717, 1.165) is 12.5 Å². The van der Waals surface area contributed by atoms with Crippen LogP contribution in [0.1, 0.15) is 50.6 Å². The standard InChI is InChI=1S/C15H23NO/c1-12(14-6-8-15(17)9-7-14)16-11-10-13-4-2-3-5-13/h6-9,12-13,16-17H,2-5,10-11H2,1H3. The van der Waals surface area contributed by atoms with E-state index in [2.05, 4.69) is 12.2 Å². The average molecular weight is 233 g/mol. The van der Waals surface area contributed by atoms with Gasteiger partial charge in [-0.2, -0.15) is 0 Å². The van der Waals surface area contributed by atoms with Gasteiger partial charge < -0.3 is 10.4 Å². The maximum Gasteiger partial charge on any atom is 0.115 e. The third kappa shape index (κ3) is 3.74. The fourth-order valence-corrected chi connectivity index (χ4v) is 2.68. The maximum atomic E-state index is 9.24. The van der Waals surface area contributed by atoms with E-state index in [9.17, 15) is 5.11 Å². The minimum atomic E-state index is 0.340. The van der Waals surface area contributed by atoms with Gasteiger partial charge in [-0.15, -0.1) is 0 Å². The van der Waals surface area contributed by atoms with Crippen molar-refractivity contribution in [2.45, 2.75) is 45.1 Å². The molecule has 2 nitrogen and oxygen atoms in total. The molecule has 0 spiro atoms. The van der Waals surface area contributed by atoms with Gasteiger partial charge in [-0.1, -0.05) is 37.8 Å². The molecule has 1 fully saturated rings. The topological polar surface area (TPSA) is 32.3 Å². The number of hydrogen-bond acceptors (Lipinski definition) is 2. The van der Waals surface area contributed by atoms with Crippen LogP contribution in [-0.2, 0) is 0 Å². The minimum Gasteiger partial charge on any atom is -0.508 e. The molecule has 0 saturated heterocycles. The van der Waals surface area contributed by atoms with Crippen LogP contribution in [0, 0.1) is 5.92 Å². The molecule has 0 amide bonds. The monoisotopic (exact) mass is 233 g/mol. The SMILES string of the molecule is CC(NCCC1CCCC1)c1ccc(O)cc1. The van der Waals surface area contributed by atoms with Crippen LogP contribution in [0.15, 0.2) is 24.3 Å². The van der Waals surface area contributed by atoms with Gasteiger partial charge in [-0.25, -0.2) is 0 Å². The van der Waals surface area contributed by atoms with Crippen molar-refractivity contribution in [3.63, 3.8) is 0 Å². The molecule has 1 atom stereocenters. The second-order valence-corrected chi connectivity index (χ2v) is 5.21. The summed E-state index contributed by atoms with van der Waals surface area (Å²) in [4.78, 5) is 0. The van der Waals surface area contributed by atoms with E-state index in [-0.39, 0.29) is 0 Å². The van der Waals surface area contributed by atoms with E-state index in [0.29, 0.717) is 11.8 Å². The van der Waals surface area contributed by atoms with E-state index < -0.39 is 0 Å². The summed E-state index contributed by atoms with van der Waals surface area (Å²) in [6.45, 7) is 3.29. The second-order valence-electron chi connectivity index (χ2n) is 5.21. The Morgan fingerprint density at radius 1 is 1.24 bits per heavy atom. The Balaban J connectivity index is 1.72. The Bertz CT molecular complexity index is 327. The first-order valence-electron chi connectivity index (χ1n) is 6.78. The molecule has 0 bridgehead atoms. The molecule has 1 aliphatic rings. The van der Waals surface area contributed by atoms with Gasteiger partial charge in [0, 0.05) is 6.04 Å². The zero-order valence-electron chi connectivity index (χ0n) is 10.7. The van der Waals surface area contributed by atoms with Crippen LogP contribution in [0.2, 0.25) is 0 Å². The number of aromatic hydroxyl groups is 1. The molecule has 0 aliphatic heterocycles. The predicted molar refractivity (Wildman–Crippen MR) is 71.1 cm³/mol. The van der Waals surface area contributed by atoms with E-state index in [1.807, 2.05) is 12.1 Å². The van der Waals surface area contributed by atoms with Crippen molar-refractivity contribution in [1.82, 2.24) is 5.32 Å². The largest absolute Gasteiger partial charge is 0.508 e. The molecule has 0 heterocycles. The number of phenolic OH excluding ortho intramolecular Hbond substituents is 1. The van der Waals surface area contributed by atoms with E-state index in [1.165, 1.54) is 37.7 Å². The fourth-order valence-electron chi connectivity index (χ4n) is 2.68. The summed E-state index contributed by atoms with van der Waals surface area (Å²) in [5, 5.41) is 12.8. The van der Waals surface area contributed by atoms with Gasteiger partial charge in [-0.05, 0) is 43.5 Å². The molecule has 1 aromatic carbocycles. The number of phenols is 1. The number of hydrogen-bond donors (Lipinski definition) is 2. The van der Waals surface area contributed by atoms with Gasteiger partial charge in [-0.3, -0.25) is 0 Å². The second kappa shape index (κ2) is 6.06. The summed E-state index contributed by atoms with van der Waals surface area (Å²) in [5.74, 6) is 1.29. The Hall–Kier alpha value is -1.02. The molecule has 2 rings (SSSR count). The van der Waals surface area contributed by atoms with E-state index in [1.54, 1.807) is 12.1 Å². The van der Waals surface area contributed by atoms with Crippen LogP contribution in [0.5, 0.6) is 5.75 Å². The molecule has 1 saturated carbocycles. The van der Waals surface area contributed by atoms with Crippen molar-refractivity contribution in [2.75, 3.05) is 6.54 Å². The molecule has 2 N–H and O–H groups in total. The van der Waals surface area contributed by atoms with Crippen LogP contribution in [0.4, 0.5) is 0 Å². The highest BCUT2D eigenvalue weighted by atomic mass is 16.3. The third-order valence-electron chi connectivity index (χ3n) is 3.87. The summed E-state index contributed by atoms with van der Waals surface area (Å²) in [6.07, 6.45) is 7.02. The highest BCUT2D eigenvalue weighted by Crippen LogP contribution is 2.27. The van der Waals surface area contributed by atoms with Gasteiger partial charge in [0.05, 0.1) is 0 Å². The number of nitrogens with one attached hydrogen (secondary N) is 1. The summed E-state index contributed by atoms with van der Waals surface area (Å²) in [5.41, 5.74) is 1.24. The highest BCUT2D eigenvalue weighted by molar-refractivity contribution is 5.27. The van der Waals surface area contributed by atoms with Crippen LogP contribution in [-0.4, -0.2) is 11.7 Å². The van der Waals surface area contributed by atoms with E-state index >= 15 is 0 Å². The first-order valence-corrected chi connectivity index (χ1v) is 6.78. The molecule has 1 aliphatic carbocycles. The fraction of sp³-hybridized carbons (Fsp3) is 0.600. The van der Waals surface area contributed by atoms with Gasteiger partial charge in [0.2, 0.25) is 0 Å². The molecular weight excluding hydrogens is 210 g/mol. The zero-order chi connectivity index (χ0) is 12.1. The molecule has 1 aromatic rings. The minimum absolute atomic E-state index is 0.340. The first-order chi connectivity index (χ1) is 8.25. The molecule has 94 valence electrons. The smallest absolute Gasteiger partial charge is 0.115 e. The van der Waals surface area contributed by atoms with Gasteiger partial charge in [0.15, 0.2) is 0 Å². The lowest BCUT2D eigenvalue weighted by atomic mass is 10.0. The van der Waals surface area contributed by atoms with Gasteiger partial charge in [0.25, 0.3) is 0 Å². The Morgan fingerprint density at radius 2 is 1.88 bits per heavy atom. The van der Waals surface area contributed by atoms with Crippen LogP contribution < -0.4 is 5.32 Å². The van der Waals surface area contributed by atoms with Crippen molar-refractivity contribution in [1.29, 1.82) is 0 Å². The lowest BCUT2D eigenvalue weighted by Crippen LogP contribution is -2.21. The van der Waals surface area contributed by atoms with Crippen LogP contribution in [0.3, 0.4) is 0 Å². The predicted octanol–water partition coefficient (Wildman–Crippen LogP) is 3.62. The molecule has 2 heteroatoms. The zero-order valence-corrected chi connectivity index (χ0v) is 10.7. The van der Waals surface area contributed by atoms with E-state index in [4.69, 9.17) is 0 Å². The summed E-state index contributed by atoms with van der Waals surface area (Å²) in [6, 6.07) is 7.86. The molecule has 17 heavy (non-hydrogen) atoms. The van der Waals surface area contributed by atoms with Crippen molar-refractivity contribution in [3.8, 4) is 5.75 Å². The number of rotatable bonds is 5. The Labute approximate surface area is 104 Å². The number of benzene rings is 1. The average Bonchev–Trinajstić information content (AvgIpc) is 2.83. The van der Waals surface area contributed by atoms with Gasteiger partial charge in [0.1, 0.15) is 5.75 Å². The normalized spacial score (nSPS) is 18.4. The highest BCUT2D eigenvalue weighted by Gasteiger charge is 2.14. The first kappa shape index (κ1) is 12.4. The molecule has 0 aromatic heterocycles. The maximum absolute atomic E-state index is 9.24. The van der Waals surface area contributed by atoms with Gasteiger partial charge >= 0.3 is 0 Å². The Kier molecular flexibility index (Phi) is 4.43. The Morgan fingerprint density at radius 3 is 2.53 bits per heavy atom. The summed E-state index contributed by atoms with van der Waals surface area (Å²) in [7, 11) is 0.